The molecule has 1 aliphatic rings. The first-order chi connectivity index (χ1) is 13.6. The fourth-order valence-electron chi connectivity index (χ4n) is 2.96. The van der Waals surface area contributed by atoms with Gasteiger partial charge in [0.25, 0.3) is 11.6 Å². The van der Waals surface area contributed by atoms with Crippen molar-refractivity contribution in [3.05, 3.63) is 58.1 Å². The highest BCUT2D eigenvalue weighted by atomic mass is 16.6. The summed E-state index contributed by atoms with van der Waals surface area (Å²) in [5.74, 6) is 0.285. The molecule has 1 aliphatic heterocycles. The van der Waals surface area contributed by atoms with Crippen molar-refractivity contribution < 1.29 is 19.2 Å². The van der Waals surface area contributed by atoms with Gasteiger partial charge >= 0.3 is 0 Å². The van der Waals surface area contributed by atoms with Gasteiger partial charge in [-0.05, 0) is 30.2 Å². The number of nitro groups is 1. The van der Waals surface area contributed by atoms with Gasteiger partial charge in [0.1, 0.15) is 5.75 Å². The van der Waals surface area contributed by atoms with Crippen LogP contribution in [0.1, 0.15) is 12.5 Å². The summed E-state index contributed by atoms with van der Waals surface area (Å²) in [6.45, 7) is 4.19. The van der Waals surface area contributed by atoms with Gasteiger partial charge in [-0.2, -0.15) is 0 Å². The van der Waals surface area contributed by atoms with Gasteiger partial charge in [-0.1, -0.05) is 19.1 Å². The van der Waals surface area contributed by atoms with Gasteiger partial charge in [0.15, 0.2) is 6.61 Å². The van der Waals surface area contributed by atoms with E-state index in [1.54, 1.807) is 6.07 Å². The van der Waals surface area contributed by atoms with Crippen LogP contribution in [0.25, 0.3) is 0 Å². The number of aryl methyl sites for hydroxylation is 1. The average Bonchev–Trinajstić information content (AvgIpc) is 2.73. The van der Waals surface area contributed by atoms with Crippen LogP contribution in [-0.2, 0) is 16.0 Å². The maximum atomic E-state index is 12.3. The minimum absolute atomic E-state index is 0.0215. The normalized spacial score (nSPS) is 13.8. The number of anilines is 2. The van der Waals surface area contributed by atoms with Gasteiger partial charge in [0, 0.05) is 25.2 Å². The number of benzene rings is 2. The van der Waals surface area contributed by atoms with E-state index < -0.39 is 4.92 Å². The Hall–Kier alpha value is -3.13. The van der Waals surface area contributed by atoms with Crippen molar-refractivity contribution in [3.63, 3.8) is 0 Å². The second-order valence-electron chi connectivity index (χ2n) is 6.39. The van der Waals surface area contributed by atoms with Gasteiger partial charge in [-0.3, -0.25) is 14.9 Å². The molecule has 0 saturated carbocycles. The number of morpholine rings is 1. The Balaban J connectivity index is 1.69. The van der Waals surface area contributed by atoms with Crippen molar-refractivity contribution in [2.24, 2.45) is 0 Å². The van der Waals surface area contributed by atoms with E-state index in [1.165, 1.54) is 17.7 Å². The summed E-state index contributed by atoms with van der Waals surface area (Å²) in [4.78, 5) is 25.0. The third-order valence-corrected chi connectivity index (χ3v) is 4.52. The number of nitrogens with zero attached hydrogens (tertiary/aromatic N) is 2. The fraction of sp³-hybridized carbons (Fsp3) is 0.350. The molecule has 0 bridgehead atoms. The number of ether oxygens (including phenoxy) is 2. The van der Waals surface area contributed by atoms with E-state index in [0.717, 1.165) is 6.42 Å². The van der Waals surface area contributed by atoms with Gasteiger partial charge in [-0.15, -0.1) is 0 Å². The molecular weight excluding hydrogens is 362 g/mol. The Morgan fingerprint density at radius 1 is 1.21 bits per heavy atom. The largest absolute Gasteiger partial charge is 0.484 e. The summed E-state index contributed by atoms with van der Waals surface area (Å²) < 4.78 is 10.9. The Morgan fingerprint density at radius 3 is 2.57 bits per heavy atom. The Labute approximate surface area is 163 Å². The van der Waals surface area contributed by atoms with E-state index in [4.69, 9.17) is 9.47 Å². The Bertz CT molecular complexity index is 832. The first-order valence-electron chi connectivity index (χ1n) is 9.19. The number of carbonyl (C=O) groups excluding carboxylic acids is 1. The van der Waals surface area contributed by atoms with Crippen LogP contribution in [0.4, 0.5) is 17.1 Å². The highest BCUT2D eigenvalue weighted by Gasteiger charge is 2.20. The molecule has 1 heterocycles. The lowest BCUT2D eigenvalue weighted by Crippen LogP contribution is -2.37. The molecule has 28 heavy (non-hydrogen) atoms. The minimum atomic E-state index is -0.446. The highest BCUT2D eigenvalue weighted by Crippen LogP contribution is 2.31. The number of rotatable bonds is 7. The molecule has 2 aromatic rings. The average molecular weight is 385 g/mol. The molecule has 0 aliphatic carbocycles. The van der Waals surface area contributed by atoms with E-state index >= 15 is 0 Å². The molecule has 3 rings (SSSR count). The molecule has 1 amide bonds. The molecule has 0 atom stereocenters. The second kappa shape index (κ2) is 9.18. The van der Waals surface area contributed by atoms with Gasteiger partial charge in [0.05, 0.1) is 29.5 Å². The molecule has 0 spiro atoms. The third-order valence-electron chi connectivity index (χ3n) is 4.52. The monoisotopic (exact) mass is 385 g/mol. The summed E-state index contributed by atoms with van der Waals surface area (Å²) in [5, 5.41) is 13.9. The molecular formula is C20H23N3O5. The summed E-state index contributed by atoms with van der Waals surface area (Å²) in [5.41, 5.74) is 2.30. The number of nitrogens with one attached hydrogen (secondary N) is 1. The van der Waals surface area contributed by atoms with E-state index in [1.807, 2.05) is 29.2 Å². The predicted molar refractivity (Wildman–Crippen MR) is 106 cm³/mol. The Kier molecular flexibility index (Phi) is 6.44. The molecule has 1 N–H and O–H groups in total. The van der Waals surface area contributed by atoms with E-state index in [-0.39, 0.29) is 18.2 Å². The summed E-state index contributed by atoms with van der Waals surface area (Å²) in [7, 11) is 0. The lowest BCUT2D eigenvalue weighted by molar-refractivity contribution is -0.384. The smallest absolute Gasteiger partial charge is 0.271 e. The number of amides is 1. The molecule has 0 radical (unpaired) electrons. The van der Waals surface area contributed by atoms with Crippen LogP contribution in [0, 0.1) is 10.1 Å². The van der Waals surface area contributed by atoms with Crippen LogP contribution in [0.5, 0.6) is 5.75 Å². The van der Waals surface area contributed by atoms with Gasteiger partial charge in [0.2, 0.25) is 0 Å². The number of non-ortho nitro benzene ring substituents is 1. The van der Waals surface area contributed by atoms with Crippen LogP contribution in [-0.4, -0.2) is 43.7 Å². The number of hydrogen-bond donors (Lipinski definition) is 1. The molecule has 8 nitrogen and oxygen atoms in total. The fourth-order valence-corrected chi connectivity index (χ4v) is 2.96. The van der Waals surface area contributed by atoms with Crippen molar-refractivity contribution in [1.29, 1.82) is 0 Å². The Morgan fingerprint density at radius 2 is 1.93 bits per heavy atom. The van der Waals surface area contributed by atoms with Crippen molar-refractivity contribution in [1.82, 2.24) is 0 Å². The lowest BCUT2D eigenvalue weighted by atomic mass is 10.2. The molecule has 1 saturated heterocycles. The van der Waals surface area contributed by atoms with Crippen LogP contribution in [0.15, 0.2) is 42.5 Å². The quantitative estimate of drug-likeness (QED) is 0.582. The van der Waals surface area contributed by atoms with Crippen LogP contribution >= 0.6 is 0 Å². The second-order valence-corrected chi connectivity index (χ2v) is 6.39. The maximum Gasteiger partial charge on any atom is 0.271 e. The molecule has 8 heteroatoms. The summed E-state index contributed by atoms with van der Waals surface area (Å²) in [6.07, 6.45) is 0.936. The highest BCUT2D eigenvalue weighted by molar-refractivity contribution is 5.95. The van der Waals surface area contributed by atoms with Crippen LogP contribution < -0.4 is 15.0 Å². The zero-order valence-corrected chi connectivity index (χ0v) is 15.7. The SMILES string of the molecule is CCc1ccc(OCC(=O)Nc2ccc([N+](=O)[O-])cc2N2CCOCC2)cc1. The van der Waals surface area contributed by atoms with Crippen LogP contribution in [0.2, 0.25) is 0 Å². The zero-order valence-electron chi connectivity index (χ0n) is 15.7. The van der Waals surface area contributed by atoms with Crippen molar-refractivity contribution in [2.45, 2.75) is 13.3 Å². The van der Waals surface area contributed by atoms with Crippen molar-refractivity contribution in [2.75, 3.05) is 43.1 Å². The minimum Gasteiger partial charge on any atom is -0.484 e. The number of nitro benzene ring substituents is 1. The maximum absolute atomic E-state index is 12.3. The molecule has 0 aromatic heterocycles. The summed E-state index contributed by atoms with van der Waals surface area (Å²) in [6, 6.07) is 12.0. The van der Waals surface area contributed by atoms with E-state index in [9.17, 15) is 14.9 Å². The summed E-state index contributed by atoms with van der Waals surface area (Å²) >= 11 is 0. The van der Waals surface area contributed by atoms with Crippen molar-refractivity contribution in [3.8, 4) is 5.75 Å². The van der Waals surface area contributed by atoms with Crippen LogP contribution in [0.3, 0.4) is 0 Å². The topological polar surface area (TPSA) is 93.9 Å². The molecule has 2 aromatic carbocycles. The van der Waals surface area contributed by atoms with Gasteiger partial charge < -0.3 is 19.7 Å². The standard InChI is InChI=1S/C20H23N3O5/c1-2-15-3-6-17(7-4-15)28-14-20(24)21-18-8-5-16(23(25)26)13-19(18)22-9-11-27-12-10-22/h3-8,13H,2,9-12,14H2,1H3,(H,21,24). The first-order valence-corrected chi connectivity index (χ1v) is 9.19. The van der Waals surface area contributed by atoms with Crippen molar-refractivity contribution >= 4 is 23.0 Å². The zero-order chi connectivity index (χ0) is 19.9. The predicted octanol–water partition coefficient (Wildman–Crippen LogP) is 3.01. The van der Waals surface area contributed by atoms with E-state index in [2.05, 4.69) is 12.2 Å². The van der Waals surface area contributed by atoms with E-state index in [0.29, 0.717) is 43.4 Å². The van der Waals surface area contributed by atoms with Gasteiger partial charge in [-0.25, -0.2) is 0 Å². The number of hydrogen-bond acceptors (Lipinski definition) is 6. The molecule has 1 fully saturated rings. The molecule has 148 valence electrons. The first kappa shape index (κ1) is 19.6. The third kappa shape index (κ3) is 4.98. The number of carbonyl (C=O) groups is 1. The lowest BCUT2D eigenvalue weighted by Gasteiger charge is -2.30. The molecule has 0 unspecified atom stereocenters.